The normalized spacial score (nSPS) is 11.5. The number of H-pyrrole nitrogens is 2. The van der Waals surface area contributed by atoms with Crippen LogP contribution in [0.3, 0.4) is 0 Å². The molecule has 4 aromatic heterocycles. The molecule has 0 spiro atoms. The first-order chi connectivity index (χ1) is 14.6. The third-order valence-corrected chi connectivity index (χ3v) is 5.49. The quantitative estimate of drug-likeness (QED) is 0.387. The predicted octanol–water partition coefficient (Wildman–Crippen LogP) is 6.11. The fourth-order valence-corrected chi connectivity index (χ4v) is 4.08. The van der Waals surface area contributed by atoms with Gasteiger partial charge in [0.15, 0.2) is 0 Å². The molecule has 5 rings (SSSR count). The zero-order chi connectivity index (χ0) is 20.7. The summed E-state index contributed by atoms with van der Waals surface area (Å²) in [5.74, 6) is 0.386. The Bertz CT molecular complexity index is 1330. The van der Waals surface area contributed by atoms with E-state index in [1.807, 2.05) is 25.5 Å². The maximum atomic E-state index is 4.50. The van der Waals surface area contributed by atoms with E-state index in [1.54, 1.807) is 6.20 Å². The number of nitrogens with zero attached hydrogens (tertiary/aromatic N) is 3. The molecule has 0 saturated carbocycles. The summed E-state index contributed by atoms with van der Waals surface area (Å²) in [4.78, 5) is 12.5. The minimum Gasteiger partial charge on any atom is -0.354 e. The van der Waals surface area contributed by atoms with Crippen molar-refractivity contribution < 1.29 is 0 Å². The lowest BCUT2D eigenvalue weighted by atomic mass is 9.94. The topological polar surface area (TPSA) is 70.2 Å². The van der Waals surface area contributed by atoms with Gasteiger partial charge in [-0.05, 0) is 65.9 Å². The van der Waals surface area contributed by atoms with E-state index in [0.29, 0.717) is 5.92 Å². The number of benzene rings is 1. The number of rotatable bonds is 4. The number of aromatic nitrogens is 5. The minimum atomic E-state index is 0.386. The highest BCUT2D eigenvalue weighted by Crippen LogP contribution is 2.37. The molecule has 5 nitrogen and oxygen atoms in total. The molecule has 0 aliphatic heterocycles. The summed E-state index contributed by atoms with van der Waals surface area (Å²) >= 11 is 0. The second-order valence-corrected chi connectivity index (χ2v) is 7.93. The van der Waals surface area contributed by atoms with Crippen LogP contribution in [0.4, 0.5) is 0 Å². The lowest BCUT2D eigenvalue weighted by Crippen LogP contribution is -1.91. The number of fused-ring (bicyclic) bond motifs is 1. The van der Waals surface area contributed by atoms with Gasteiger partial charge in [0.1, 0.15) is 0 Å². The summed E-state index contributed by atoms with van der Waals surface area (Å²) in [6.07, 6.45) is 7.39. The summed E-state index contributed by atoms with van der Waals surface area (Å²) in [5, 5.41) is 8.15. The van der Waals surface area contributed by atoms with Gasteiger partial charge in [0.2, 0.25) is 0 Å². The second-order valence-electron chi connectivity index (χ2n) is 7.93. The first-order valence-corrected chi connectivity index (χ1v) is 10.1. The van der Waals surface area contributed by atoms with Gasteiger partial charge in [0.25, 0.3) is 0 Å². The van der Waals surface area contributed by atoms with Gasteiger partial charge in [-0.15, -0.1) is 0 Å². The van der Waals surface area contributed by atoms with Crippen molar-refractivity contribution in [2.45, 2.75) is 26.7 Å². The van der Waals surface area contributed by atoms with Crippen LogP contribution in [0.2, 0.25) is 0 Å². The Morgan fingerprint density at radius 1 is 0.833 bits per heavy atom. The average molecular weight is 393 g/mol. The van der Waals surface area contributed by atoms with Crippen molar-refractivity contribution in [3.63, 3.8) is 0 Å². The Kier molecular flexibility index (Phi) is 4.43. The molecule has 0 aliphatic rings. The van der Waals surface area contributed by atoms with Gasteiger partial charge in [-0.25, -0.2) is 0 Å². The summed E-state index contributed by atoms with van der Waals surface area (Å²) in [5.41, 5.74) is 10.1. The van der Waals surface area contributed by atoms with Crippen LogP contribution in [-0.2, 0) is 0 Å². The molecule has 2 N–H and O–H groups in total. The van der Waals surface area contributed by atoms with Crippen LogP contribution >= 0.6 is 0 Å². The zero-order valence-corrected chi connectivity index (χ0v) is 17.3. The maximum Gasteiger partial charge on any atom is 0.0739 e. The van der Waals surface area contributed by atoms with Crippen LogP contribution < -0.4 is 0 Å². The Morgan fingerprint density at radius 2 is 1.63 bits per heavy atom. The molecular formula is C25H23N5. The molecule has 0 atom stereocenters. The molecule has 5 heteroatoms. The smallest absolute Gasteiger partial charge is 0.0739 e. The van der Waals surface area contributed by atoms with Crippen molar-refractivity contribution in [3.8, 4) is 33.6 Å². The summed E-state index contributed by atoms with van der Waals surface area (Å²) < 4.78 is 0. The molecule has 4 heterocycles. The monoisotopic (exact) mass is 393 g/mol. The highest BCUT2D eigenvalue weighted by atomic mass is 15.1. The largest absolute Gasteiger partial charge is 0.354 e. The average Bonchev–Trinajstić information content (AvgIpc) is 3.41. The van der Waals surface area contributed by atoms with E-state index in [-0.39, 0.29) is 0 Å². The fraction of sp³-hybridized carbons (Fsp3) is 0.160. The van der Waals surface area contributed by atoms with Crippen LogP contribution in [0.25, 0.3) is 44.5 Å². The number of aryl methyl sites for hydroxylation is 1. The van der Waals surface area contributed by atoms with Gasteiger partial charge in [0, 0.05) is 46.3 Å². The Balaban J connectivity index is 1.66. The highest BCUT2D eigenvalue weighted by molar-refractivity contribution is 5.94. The van der Waals surface area contributed by atoms with Crippen molar-refractivity contribution in [2.75, 3.05) is 0 Å². The first kappa shape index (κ1) is 18.3. The molecule has 30 heavy (non-hydrogen) atoms. The molecule has 0 unspecified atom stereocenters. The van der Waals surface area contributed by atoms with E-state index < -0.39 is 0 Å². The third-order valence-electron chi connectivity index (χ3n) is 5.49. The molecule has 5 aromatic rings. The predicted molar refractivity (Wildman–Crippen MR) is 121 cm³/mol. The van der Waals surface area contributed by atoms with Crippen molar-refractivity contribution in [1.29, 1.82) is 0 Å². The van der Waals surface area contributed by atoms with E-state index in [9.17, 15) is 0 Å². The SMILES string of the molecule is Cc1cc(-c2[nH]c3ccc(-c4ccnc(-c5cn[nH]c5)c4)cc3c2C(C)C)ccn1. The summed E-state index contributed by atoms with van der Waals surface area (Å²) in [6.45, 7) is 6.52. The summed E-state index contributed by atoms with van der Waals surface area (Å²) in [6, 6.07) is 15.0. The zero-order valence-electron chi connectivity index (χ0n) is 17.3. The van der Waals surface area contributed by atoms with E-state index >= 15 is 0 Å². The molecule has 0 aliphatic carbocycles. The van der Waals surface area contributed by atoms with E-state index in [0.717, 1.165) is 28.0 Å². The highest BCUT2D eigenvalue weighted by Gasteiger charge is 2.17. The van der Waals surface area contributed by atoms with Gasteiger partial charge in [-0.1, -0.05) is 19.9 Å². The van der Waals surface area contributed by atoms with Crippen molar-refractivity contribution >= 4 is 10.9 Å². The van der Waals surface area contributed by atoms with Crippen molar-refractivity contribution in [1.82, 2.24) is 25.1 Å². The molecular weight excluding hydrogens is 370 g/mol. The van der Waals surface area contributed by atoms with Gasteiger partial charge < -0.3 is 4.98 Å². The van der Waals surface area contributed by atoms with Crippen molar-refractivity contribution in [2.24, 2.45) is 0 Å². The van der Waals surface area contributed by atoms with Gasteiger partial charge in [-0.3, -0.25) is 15.1 Å². The third kappa shape index (κ3) is 3.18. The standard InChI is InChI=1S/C25H23N5/c1-15(2)24-21-11-17(18-6-9-27-23(12-18)20-13-28-29-14-20)4-5-22(21)30-25(24)19-7-8-26-16(3)10-19/h4-15,30H,1-3H3,(H,28,29). The molecule has 0 saturated heterocycles. The molecule has 1 aromatic carbocycles. The summed E-state index contributed by atoms with van der Waals surface area (Å²) in [7, 11) is 0. The van der Waals surface area contributed by atoms with Gasteiger partial charge >= 0.3 is 0 Å². The molecule has 0 fully saturated rings. The second kappa shape index (κ2) is 7.26. The molecule has 0 amide bonds. The molecule has 0 radical (unpaired) electrons. The van der Waals surface area contributed by atoms with Crippen LogP contribution in [0.1, 0.15) is 31.0 Å². The van der Waals surface area contributed by atoms with Crippen LogP contribution in [0, 0.1) is 6.92 Å². The molecule has 148 valence electrons. The Labute approximate surface area is 175 Å². The maximum absolute atomic E-state index is 4.50. The lowest BCUT2D eigenvalue weighted by Gasteiger charge is -2.10. The number of aromatic amines is 2. The molecule has 0 bridgehead atoms. The van der Waals surface area contributed by atoms with Gasteiger partial charge in [-0.2, -0.15) is 5.10 Å². The van der Waals surface area contributed by atoms with Crippen LogP contribution in [-0.4, -0.2) is 25.1 Å². The van der Waals surface area contributed by atoms with E-state index in [2.05, 4.69) is 81.5 Å². The van der Waals surface area contributed by atoms with E-state index in [4.69, 9.17) is 0 Å². The van der Waals surface area contributed by atoms with Crippen molar-refractivity contribution in [3.05, 3.63) is 78.5 Å². The van der Waals surface area contributed by atoms with E-state index in [1.165, 1.54) is 27.8 Å². The fourth-order valence-electron chi connectivity index (χ4n) is 4.08. The van der Waals surface area contributed by atoms with Crippen LogP contribution in [0.5, 0.6) is 0 Å². The number of nitrogens with one attached hydrogen (secondary N) is 2. The number of hydrogen-bond acceptors (Lipinski definition) is 3. The number of hydrogen-bond donors (Lipinski definition) is 2. The van der Waals surface area contributed by atoms with Gasteiger partial charge in [0.05, 0.1) is 17.6 Å². The lowest BCUT2D eigenvalue weighted by molar-refractivity contribution is 0.878. The Hall–Kier alpha value is -3.73. The van der Waals surface area contributed by atoms with Crippen LogP contribution in [0.15, 0.2) is 67.3 Å². The Morgan fingerprint density at radius 3 is 2.40 bits per heavy atom. The minimum absolute atomic E-state index is 0.386. The first-order valence-electron chi connectivity index (χ1n) is 10.1. The number of pyridine rings is 2.